The highest BCUT2D eigenvalue weighted by molar-refractivity contribution is 5.89. The fourth-order valence-corrected chi connectivity index (χ4v) is 1.34. The molecule has 0 aromatic carbocycles. The van der Waals surface area contributed by atoms with E-state index in [4.69, 9.17) is 5.11 Å². The molecule has 1 aliphatic rings. The van der Waals surface area contributed by atoms with E-state index in [1.807, 2.05) is 0 Å². The van der Waals surface area contributed by atoms with Crippen LogP contribution in [-0.2, 0) is 9.59 Å². The molecular formula is C7H10O3. The first-order valence-corrected chi connectivity index (χ1v) is 3.38. The van der Waals surface area contributed by atoms with Gasteiger partial charge < -0.3 is 5.11 Å². The minimum atomic E-state index is -0.835. The van der Waals surface area contributed by atoms with Crippen LogP contribution in [0.2, 0.25) is 0 Å². The Bertz CT molecular complexity index is 174. The minimum Gasteiger partial charge on any atom is -0.481 e. The molecule has 1 fully saturated rings. The lowest BCUT2D eigenvalue weighted by atomic mass is 9.98. The molecule has 1 rings (SSSR count). The molecular weight excluding hydrogens is 132 g/mol. The average Bonchev–Trinajstić information content (AvgIpc) is 2.14. The van der Waals surface area contributed by atoms with Crippen LogP contribution in [0.3, 0.4) is 0 Å². The lowest BCUT2D eigenvalue weighted by Crippen LogP contribution is -2.18. The van der Waals surface area contributed by atoms with Gasteiger partial charge in [0.05, 0.1) is 5.92 Å². The molecule has 10 heavy (non-hydrogen) atoms. The fraction of sp³-hybridized carbons (Fsp3) is 0.714. The Hall–Kier alpha value is -0.860. The highest BCUT2D eigenvalue weighted by Gasteiger charge is 2.35. The van der Waals surface area contributed by atoms with Crippen LogP contribution in [0.15, 0.2) is 0 Å². The van der Waals surface area contributed by atoms with Crippen LogP contribution in [0.4, 0.5) is 0 Å². The van der Waals surface area contributed by atoms with Gasteiger partial charge in [-0.15, -0.1) is 0 Å². The van der Waals surface area contributed by atoms with E-state index in [9.17, 15) is 9.59 Å². The van der Waals surface area contributed by atoms with Gasteiger partial charge in [0.2, 0.25) is 0 Å². The van der Waals surface area contributed by atoms with Crippen molar-refractivity contribution < 1.29 is 14.7 Å². The summed E-state index contributed by atoms with van der Waals surface area (Å²) in [4.78, 5) is 21.2. The van der Waals surface area contributed by atoms with Gasteiger partial charge in [0.1, 0.15) is 5.78 Å². The van der Waals surface area contributed by atoms with Gasteiger partial charge in [-0.2, -0.15) is 0 Å². The summed E-state index contributed by atoms with van der Waals surface area (Å²) in [5.41, 5.74) is 0. The van der Waals surface area contributed by atoms with Crippen molar-refractivity contribution in [3.05, 3.63) is 0 Å². The van der Waals surface area contributed by atoms with E-state index in [2.05, 4.69) is 0 Å². The Labute approximate surface area is 59.0 Å². The molecule has 1 aliphatic carbocycles. The molecule has 0 heterocycles. The number of carbonyl (C=O) groups is 2. The first-order chi connectivity index (χ1) is 4.63. The van der Waals surface area contributed by atoms with Crippen LogP contribution in [-0.4, -0.2) is 16.9 Å². The van der Waals surface area contributed by atoms with Gasteiger partial charge in [-0.25, -0.2) is 0 Å². The molecule has 0 spiro atoms. The number of ketones is 1. The number of carbonyl (C=O) groups excluding carboxylic acids is 1. The van der Waals surface area contributed by atoms with Crippen LogP contribution in [0.5, 0.6) is 0 Å². The topological polar surface area (TPSA) is 54.4 Å². The molecule has 1 N–H and O–H groups in total. The second-order valence-electron chi connectivity index (χ2n) is 2.74. The second-order valence-corrected chi connectivity index (χ2v) is 2.74. The van der Waals surface area contributed by atoms with Crippen molar-refractivity contribution >= 4 is 11.8 Å². The van der Waals surface area contributed by atoms with Crippen molar-refractivity contribution in [2.75, 3.05) is 0 Å². The summed E-state index contributed by atoms with van der Waals surface area (Å²) in [6.07, 6.45) is 0.966. The van der Waals surface area contributed by atoms with Gasteiger partial charge in [-0.05, 0) is 6.42 Å². The van der Waals surface area contributed by atoms with Gasteiger partial charge >= 0.3 is 5.97 Å². The summed E-state index contributed by atoms with van der Waals surface area (Å²) >= 11 is 0. The zero-order chi connectivity index (χ0) is 7.72. The number of Topliss-reactive ketones (excluding diaryl/α,β-unsaturated/α-hetero) is 1. The van der Waals surface area contributed by atoms with Crippen molar-refractivity contribution in [1.82, 2.24) is 0 Å². The normalized spacial score (nSPS) is 32.7. The number of hydrogen-bond acceptors (Lipinski definition) is 2. The van der Waals surface area contributed by atoms with Crippen molar-refractivity contribution in [2.24, 2.45) is 11.8 Å². The van der Waals surface area contributed by atoms with Crippen LogP contribution >= 0.6 is 0 Å². The number of rotatable bonds is 1. The van der Waals surface area contributed by atoms with Gasteiger partial charge in [-0.3, -0.25) is 9.59 Å². The lowest BCUT2D eigenvalue weighted by Gasteiger charge is -2.06. The van der Waals surface area contributed by atoms with E-state index < -0.39 is 11.9 Å². The molecule has 0 aliphatic heterocycles. The third-order valence-corrected chi connectivity index (χ3v) is 2.13. The first kappa shape index (κ1) is 7.25. The van der Waals surface area contributed by atoms with Gasteiger partial charge in [0.25, 0.3) is 0 Å². The molecule has 0 radical (unpaired) electrons. The molecule has 56 valence electrons. The standard InChI is InChI=1S/C7H10O3/c1-4-5(7(9)10)2-3-6(4)8/h4-5H,2-3H2,1H3,(H,9,10). The summed E-state index contributed by atoms with van der Waals surface area (Å²) in [6, 6.07) is 0. The fourth-order valence-electron chi connectivity index (χ4n) is 1.34. The third-order valence-electron chi connectivity index (χ3n) is 2.13. The Balaban J connectivity index is 2.66. The molecule has 0 aromatic rings. The second kappa shape index (κ2) is 2.40. The third kappa shape index (κ3) is 1.03. The highest BCUT2D eigenvalue weighted by Crippen LogP contribution is 2.27. The van der Waals surface area contributed by atoms with Crippen LogP contribution in [0, 0.1) is 11.8 Å². The molecule has 0 saturated heterocycles. The molecule has 0 bridgehead atoms. The predicted octanol–water partition coefficient (Wildman–Crippen LogP) is 0.686. The Kier molecular flexibility index (Phi) is 1.74. The van der Waals surface area contributed by atoms with Crippen LogP contribution in [0.25, 0.3) is 0 Å². The van der Waals surface area contributed by atoms with Crippen LogP contribution < -0.4 is 0 Å². The molecule has 3 heteroatoms. The molecule has 1 saturated carbocycles. The van der Waals surface area contributed by atoms with E-state index in [0.29, 0.717) is 12.8 Å². The van der Waals surface area contributed by atoms with E-state index in [0.717, 1.165) is 0 Å². The maximum absolute atomic E-state index is 10.8. The van der Waals surface area contributed by atoms with E-state index in [-0.39, 0.29) is 11.7 Å². The lowest BCUT2D eigenvalue weighted by molar-refractivity contribution is -0.144. The number of carboxylic acid groups (broad SMARTS) is 1. The van der Waals surface area contributed by atoms with E-state index >= 15 is 0 Å². The average molecular weight is 142 g/mol. The molecule has 3 nitrogen and oxygen atoms in total. The summed E-state index contributed by atoms with van der Waals surface area (Å²) in [5, 5.41) is 8.55. The van der Waals surface area contributed by atoms with Gasteiger partial charge in [0.15, 0.2) is 0 Å². The zero-order valence-electron chi connectivity index (χ0n) is 5.83. The summed E-state index contributed by atoms with van der Waals surface area (Å²) in [5.74, 6) is -1.43. The Morgan fingerprint density at radius 2 is 2.30 bits per heavy atom. The number of hydrogen-bond donors (Lipinski definition) is 1. The largest absolute Gasteiger partial charge is 0.481 e. The SMILES string of the molecule is CC1C(=O)CCC1C(=O)O. The quantitative estimate of drug-likeness (QED) is 0.586. The highest BCUT2D eigenvalue weighted by atomic mass is 16.4. The Morgan fingerprint density at radius 3 is 2.50 bits per heavy atom. The van der Waals surface area contributed by atoms with Crippen molar-refractivity contribution in [2.45, 2.75) is 19.8 Å². The summed E-state index contributed by atoms with van der Waals surface area (Å²) < 4.78 is 0. The number of carboxylic acids is 1. The van der Waals surface area contributed by atoms with Crippen molar-refractivity contribution in [3.63, 3.8) is 0 Å². The van der Waals surface area contributed by atoms with Crippen LogP contribution in [0.1, 0.15) is 19.8 Å². The number of aliphatic carboxylic acids is 1. The maximum atomic E-state index is 10.8. The molecule has 2 unspecified atom stereocenters. The predicted molar refractivity (Wildman–Crippen MR) is 34.5 cm³/mol. The maximum Gasteiger partial charge on any atom is 0.307 e. The molecule has 2 atom stereocenters. The van der Waals surface area contributed by atoms with Gasteiger partial charge in [-0.1, -0.05) is 6.92 Å². The van der Waals surface area contributed by atoms with Crippen molar-refractivity contribution in [3.8, 4) is 0 Å². The zero-order valence-corrected chi connectivity index (χ0v) is 5.83. The molecule has 0 aromatic heterocycles. The van der Waals surface area contributed by atoms with E-state index in [1.165, 1.54) is 0 Å². The monoisotopic (exact) mass is 142 g/mol. The van der Waals surface area contributed by atoms with E-state index in [1.54, 1.807) is 6.92 Å². The molecule has 0 amide bonds. The van der Waals surface area contributed by atoms with Gasteiger partial charge in [0, 0.05) is 12.3 Å². The smallest absolute Gasteiger partial charge is 0.307 e. The minimum absolute atomic E-state index is 0.0902. The summed E-state index contributed by atoms with van der Waals surface area (Å²) in [7, 11) is 0. The van der Waals surface area contributed by atoms with Crippen molar-refractivity contribution in [1.29, 1.82) is 0 Å². The Morgan fingerprint density at radius 1 is 1.70 bits per heavy atom. The summed E-state index contributed by atoms with van der Waals surface area (Å²) in [6.45, 7) is 1.69. The first-order valence-electron chi connectivity index (χ1n) is 3.38.